The minimum atomic E-state index is -4.97. The van der Waals surface area contributed by atoms with Crippen LogP contribution in [0.2, 0.25) is 5.02 Å². The highest BCUT2D eigenvalue weighted by Gasteiger charge is 2.41. The van der Waals surface area contributed by atoms with E-state index in [9.17, 15) is 31.6 Å². The van der Waals surface area contributed by atoms with Crippen LogP contribution in [0.3, 0.4) is 0 Å². The molecule has 21 heavy (non-hydrogen) atoms. The largest absolute Gasteiger partial charge is 0.307 e. The Labute approximate surface area is 122 Å². The van der Waals surface area contributed by atoms with Crippen molar-refractivity contribution in [3.63, 3.8) is 0 Å². The molecule has 1 atom stereocenters. The van der Waals surface area contributed by atoms with Gasteiger partial charge in [0.2, 0.25) is 5.91 Å². The van der Waals surface area contributed by atoms with Gasteiger partial charge in [0.25, 0.3) is 5.69 Å². The predicted molar refractivity (Wildman–Crippen MR) is 68.9 cm³/mol. The number of carbonyl (C=O) groups is 1. The molecule has 1 fully saturated rings. The molecule has 0 N–H and O–H groups in total. The number of hydrogen-bond donors (Lipinski definition) is 0. The van der Waals surface area contributed by atoms with Gasteiger partial charge >= 0.3 is 10.2 Å². The zero-order valence-electron chi connectivity index (χ0n) is 10.1. The fraction of sp³-hybridized carbons (Fsp3) is 0.300. The Morgan fingerprint density at radius 3 is 2.52 bits per heavy atom. The molecule has 0 saturated carbocycles. The van der Waals surface area contributed by atoms with E-state index in [1.165, 1.54) is 0 Å². The number of halogens is 3. The lowest BCUT2D eigenvalue weighted by Gasteiger charge is -2.16. The number of hydrogen-bond acceptors (Lipinski definition) is 5. The Bertz CT molecular complexity index is 739. The van der Waals surface area contributed by atoms with Crippen molar-refractivity contribution >= 4 is 39.1 Å². The van der Waals surface area contributed by atoms with Gasteiger partial charge in [-0.3, -0.25) is 14.9 Å². The summed E-state index contributed by atoms with van der Waals surface area (Å²) < 4.78 is 47.9. The maximum Gasteiger partial charge on any atom is 0.307 e. The molecule has 1 aliphatic heterocycles. The minimum absolute atomic E-state index is 0.373. The summed E-state index contributed by atoms with van der Waals surface area (Å²) in [5, 5.41) is 8.80. The number of nitrogens with zero attached hydrogens (tertiary/aromatic N) is 2. The summed E-state index contributed by atoms with van der Waals surface area (Å²) in [6, 6.07) is 1.35. The monoisotopic (exact) mass is 340 g/mol. The lowest BCUT2D eigenvalue weighted by atomic mass is 10.2. The van der Waals surface area contributed by atoms with E-state index in [2.05, 4.69) is 0 Å². The normalized spacial score (nSPS) is 19.1. The Kier molecular flexibility index (Phi) is 3.85. The molecule has 1 aliphatic rings. The minimum Gasteiger partial charge on any atom is -0.305 e. The fourth-order valence-electron chi connectivity index (χ4n) is 1.98. The van der Waals surface area contributed by atoms with E-state index in [1.54, 1.807) is 0 Å². The summed E-state index contributed by atoms with van der Waals surface area (Å²) in [6.07, 6.45) is -0.648. The summed E-state index contributed by atoms with van der Waals surface area (Å²) in [5.41, 5.74) is -1.13. The van der Waals surface area contributed by atoms with E-state index >= 15 is 0 Å². The van der Waals surface area contributed by atoms with Gasteiger partial charge in [-0.2, -0.15) is 8.42 Å². The molecule has 114 valence electrons. The number of anilines is 1. The summed E-state index contributed by atoms with van der Waals surface area (Å²) in [5.74, 6) is -1.89. The summed E-state index contributed by atoms with van der Waals surface area (Å²) in [7, 11) is -4.97. The van der Waals surface area contributed by atoms with Gasteiger partial charge in [-0.25, -0.2) is 4.39 Å². The number of carbonyl (C=O) groups excluding carboxylic acids is 1. The Balaban J connectivity index is 2.50. The Morgan fingerprint density at radius 1 is 1.43 bits per heavy atom. The number of benzene rings is 1. The third kappa shape index (κ3) is 2.95. The molecule has 0 bridgehead atoms. The SMILES string of the molecule is O=C1CC(S(=O)(=O)F)CN1c1cc(Cl)c(F)cc1[N+](=O)[O-]. The predicted octanol–water partition coefficient (Wildman–Crippen LogP) is 1.79. The third-order valence-corrected chi connectivity index (χ3v) is 4.39. The second-order valence-corrected chi connectivity index (χ2v) is 6.34. The lowest BCUT2D eigenvalue weighted by molar-refractivity contribution is -0.384. The van der Waals surface area contributed by atoms with Crippen LogP contribution < -0.4 is 4.90 Å². The first kappa shape index (κ1) is 15.6. The van der Waals surface area contributed by atoms with Crippen LogP contribution >= 0.6 is 11.6 Å². The van der Waals surface area contributed by atoms with Gasteiger partial charge in [-0.1, -0.05) is 11.6 Å². The Morgan fingerprint density at radius 2 is 2.05 bits per heavy atom. The molecule has 2 rings (SSSR count). The molecule has 0 aromatic heterocycles. The highest BCUT2D eigenvalue weighted by Crippen LogP contribution is 2.36. The van der Waals surface area contributed by atoms with Crippen molar-refractivity contribution in [3.8, 4) is 0 Å². The molecule has 11 heteroatoms. The van der Waals surface area contributed by atoms with Crippen LogP contribution in [0.4, 0.5) is 19.7 Å². The van der Waals surface area contributed by atoms with Gasteiger partial charge in [0.1, 0.15) is 16.8 Å². The molecule has 0 spiro atoms. The molecule has 7 nitrogen and oxygen atoms in total. The van der Waals surface area contributed by atoms with Gasteiger partial charge in [0, 0.05) is 13.0 Å². The highest BCUT2D eigenvalue weighted by molar-refractivity contribution is 7.87. The van der Waals surface area contributed by atoms with Crippen LogP contribution in [0.15, 0.2) is 12.1 Å². The van der Waals surface area contributed by atoms with Crippen molar-refractivity contribution in [2.45, 2.75) is 11.7 Å². The van der Waals surface area contributed by atoms with Crippen molar-refractivity contribution < 1.29 is 26.4 Å². The number of nitro benzene ring substituents is 1. The second kappa shape index (κ2) is 5.19. The van der Waals surface area contributed by atoms with Gasteiger partial charge in [-0.05, 0) is 6.07 Å². The topological polar surface area (TPSA) is 97.6 Å². The van der Waals surface area contributed by atoms with Crippen molar-refractivity contribution in [2.75, 3.05) is 11.4 Å². The van der Waals surface area contributed by atoms with Crippen LogP contribution in [0.1, 0.15) is 6.42 Å². The van der Waals surface area contributed by atoms with Crippen molar-refractivity contribution in [2.24, 2.45) is 0 Å². The summed E-state index contributed by atoms with van der Waals surface area (Å²) >= 11 is 5.52. The quantitative estimate of drug-likeness (QED) is 0.474. The van der Waals surface area contributed by atoms with E-state index < -0.39 is 55.8 Å². The standard InChI is InChI=1S/C10H7ClF2N2O5S/c11-6-2-8(9(15(17)18)3-7(6)12)14-4-5(1-10(14)16)21(13,19)20/h2-3,5H,1,4H2. The first-order valence-electron chi connectivity index (χ1n) is 5.48. The molecule has 1 heterocycles. The lowest BCUT2D eigenvalue weighted by Crippen LogP contribution is -2.27. The van der Waals surface area contributed by atoms with Crippen LogP contribution in [0, 0.1) is 15.9 Å². The third-order valence-electron chi connectivity index (χ3n) is 2.99. The Hall–Kier alpha value is -1.81. The number of rotatable bonds is 3. The van der Waals surface area contributed by atoms with Gasteiger partial charge < -0.3 is 4.90 Å². The van der Waals surface area contributed by atoms with Crippen LogP contribution in [-0.4, -0.2) is 31.0 Å². The molecular formula is C10H7ClF2N2O5S. The van der Waals surface area contributed by atoms with E-state index in [0.29, 0.717) is 11.0 Å². The maximum atomic E-state index is 13.3. The molecule has 1 aromatic carbocycles. The van der Waals surface area contributed by atoms with Crippen molar-refractivity contribution in [1.29, 1.82) is 0 Å². The average Bonchev–Trinajstić information content (AvgIpc) is 2.74. The molecule has 1 unspecified atom stereocenters. The summed E-state index contributed by atoms with van der Waals surface area (Å²) in [4.78, 5) is 22.4. The maximum absolute atomic E-state index is 13.3. The zero-order chi connectivity index (χ0) is 15.9. The van der Waals surface area contributed by atoms with Gasteiger partial charge in [-0.15, -0.1) is 3.89 Å². The molecule has 0 radical (unpaired) electrons. The molecule has 0 aliphatic carbocycles. The van der Waals surface area contributed by atoms with Crippen LogP contribution in [0.25, 0.3) is 0 Å². The molecule has 1 aromatic rings. The first-order valence-corrected chi connectivity index (χ1v) is 7.31. The first-order chi connectivity index (χ1) is 9.61. The fourth-order valence-corrected chi connectivity index (χ4v) is 2.81. The molecule has 1 saturated heterocycles. The van der Waals surface area contributed by atoms with Gasteiger partial charge in [0.05, 0.1) is 16.0 Å². The van der Waals surface area contributed by atoms with E-state index in [0.717, 1.165) is 6.07 Å². The van der Waals surface area contributed by atoms with E-state index in [4.69, 9.17) is 11.6 Å². The number of amides is 1. The zero-order valence-corrected chi connectivity index (χ0v) is 11.7. The van der Waals surface area contributed by atoms with Crippen molar-refractivity contribution in [3.05, 3.63) is 33.1 Å². The molecular weight excluding hydrogens is 334 g/mol. The second-order valence-electron chi connectivity index (χ2n) is 4.32. The van der Waals surface area contributed by atoms with E-state index in [1.807, 2.05) is 0 Å². The number of nitro groups is 1. The van der Waals surface area contributed by atoms with E-state index in [-0.39, 0.29) is 5.69 Å². The molecule has 1 amide bonds. The highest BCUT2D eigenvalue weighted by atomic mass is 35.5. The smallest absolute Gasteiger partial charge is 0.305 e. The van der Waals surface area contributed by atoms with Crippen LogP contribution in [-0.2, 0) is 15.0 Å². The average molecular weight is 341 g/mol. The van der Waals surface area contributed by atoms with Crippen LogP contribution in [0.5, 0.6) is 0 Å². The van der Waals surface area contributed by atoms with Crippen molar-refractivity contribution in [1.82, 2.24) is 0 Å². The summed E-state index contributed by atoms with van der Waals surface area (Å²) in [6.45, 7) is -0.597. The van der Waals surface area contributed by atoms with Gasteiger partial charge in [0.15, 0.2) is 0 Å².